The molecule has 11 heavy (non-hydrogen) atoms. The van der Waals surface area contributed by atoms with Gasteiger partial charge in [-0.1, -0.05) is 5.92 Å². The van der Waals surface area contributed by atoms with E-state index in [9.17, 15) is 0 Å². The summed E-state index contributed by atoms with van der Waals surface area (Å²) in [5.41, 5.74) is 0.309. The van der Waals surface area contributed by atoms with Gasteiger partial charge in [0.1, 0.15) is 0 Å². The van der Waals surface area contributed by atoms with Gasteiger partial charge in [0.2, 0.25) is 0 Å². The van der Waals surface area contributed by atoms with Gasteiger partial charge in [-0.15, -0.1) is 6.42 Å². The Hall–Kier alpha value is -0.480. The van der Waals surface area contributed by atoms with Gasteiger partial charge >= 0.3 is 0 Å². The van der Waals surface area contributed by atoms with Gasteiger partial charge in [-0.2, -0.15) is 0 Å². The van der Waals surface area contributed by atoms with Crippen LogP contribution in [0.4, 0.5) is 0 Å². The highest BCUT2D eigenvalue weighted by Crippen LogP contribution is 2.54. The largest absolute Gasteiger partial charge is 0.381 e. The molecule has 2 fully saturated rings. The summed E-state index contributed by atoms with van der Waals surface area (Å²) in [7, 11) is 0. The van der Waals surface area contributed by atoms with Crippen molar-refractivity contribution in [3.8, 4) is 12.3 Å². The number of terminal acetylenes is 1. The number of hydrogen-bond donors (Lipinski definition) is 0. The molecule has 0 bridgehead atoms. The van der Waals surface area contributed by atoms with Crippen LogP contribution in [0.25, 0.3) is 0 Å². The lowest BCUT2D eigenvalue weighted by molar-refractivity contribution is 0.0511. The van der Waals surface area contributed by atoms with Gasteiger partial charge in [0.15, 0.2) is 0 Å². The molecular formula is C10H14O. The molecule has 1 saturated carbocycles. The highest BCUT2D eigenvalue weighted by molar-refractivity contribution is 5.17. The van der Waals surface area contributed by atoms with Gasteiger partial charge in [0.05, 0.1) is 0 Å². The zero-order valence-corrected chi connectivity index (χ0v) is 6.81. The lowest BCUT2D eigenvalue weighted by Gasteiger charge is -2.26. The third-order valence-electron chi connectivity index (χ3n) is 3.08. The van der Waals surface area contributed by atoms with Crippen LogP contribution in [0.3, 0.4) is 0 Å². The van der Waals surface area contributed by atoms with Crippen molar-refractivity contribution in [1.29, 1.82) is 0 Å². The monoisotopic (exact) mass is 150 g/mol. The number of rotatable bonds is 1. The van der Waals surface area contributed by atoms with Gasteiger partial charge < -0.3 is 4.74 Å². The Morgan fingerprint density at radius 3 is 2.36 bits per heavy atom. The van der Waals surface area contributed by atoms with E-state index in [1.807, 2.05) is 0 Å². The minimum absolute atomic E-state index is 0.309. The van der Waals surface area contributed by atoms with Crippen LogP contribution in [0.1, 0.15) is 25.7 Å². The fourth-order valence-corrected chi connectivity index (χ4v) is 2.06. The van der Waals surface area contributed by atoms with Crippen LogP contribution in [0.5, 0.6) is 0 Å². The van der Waals surface area contributed by atoms with Crippen LogP contribution in [-0.2, 0) is 4.74 Å². The van der Waals surface area contributed by atoms with Gasteiger partial charge in [0.25, 0.3) is 0 Å². The van der Waals surface area contributed by atoms with Crippen molar-refractivity contribution >= 4 is 0 Å². The molecule has 1 aliphatic heterocycles. The van der Waals surface area contributed by atoms with E-state index in [1.54, 1.807) is 0 Å². The van der Waals surface area contributed by atoms with Crippen LogP contribution < -0.4 is 0 Å². The number of hydrogen-bond acceptors (Lipinski definition) is 1. The lowest BCUT2D eigenvalue weighted by Crippen LogP contribution is -2.23. The summed E-state index contributed by atoms with van der Waals surface area (Å²) in [5, 5.41) is 0. The Labute approximate surface area is 68.1 Å². The fourth-order valence-electron chi connectivity index (χ4n) is 2.06. The second-order valence-electron chi connectivity index (χ2n) is 3.69. The third-order valence-corrected chi connectivity index (χ3v) is 3.08. The molecule has 0 radical (unpaired) electrons. The molecule has 0 unspecified atom stereocenters. The summed E-state index contributed by atoms with van der Waals surface area (Å²) >= 11 is 0. The highest BCUT2D eigenvalue weighted by atomic mass is 16.5. The van der Waals surface area contributed by atoms with Gasteiger partial charge in [-0.05, 0) is 31.6 Å². The second kappa shape index (κ2) is 2.53. The zero-order valence-electron chi connectivity index (χ0n) is 6.81. The maximum absolute atomic E-state index is 5.51. The van der Waals surface area contributed by atoms with E-state index in [0.717, 1.165) is 19.1 Å². The molecule has 0 amide bonds. The zero-order chi connectivity index (χ0) is 7.73. The third kappa shape index (κ3) is 1.16. The fraction of sp³-hybridized carbons (Fsp3) is 0.800. The molecule has 1 heterocycles. The summed E-state index contributed by atoms with van der Waals surface area (Å²) in [6, 6.07) is 0. The molecule has 2 rings (SSSR count). The Balaban J connectivity index is 1.99. The Bertz CT molecular complexity index is 180. The van der Waals surface area contributed by atoms with E-state index < -0.39 is 0 Å². The summed E-state index contributed by atoms with van der Waals surface area (Å²) < 4.78 is 5.30. The Kier molecular flexibility index (Phi) is 1.65. The van der Waals surface area contributed by atoms with E-state index in [4.69, 9.17) is 11.2 Å². The standard InChI is InChI=1S/C10H14O/c1-2-10(5-6-10)9-3-7-11-8-4-9/h1,9H,3-8H2. The molecule has 0 atom stereocenters. The van der Waals surface area contributed by atoms with Crippen molar-refractivity contribution in [2.75, 3.05) is 13.2 Å². The highest BCUT2D eigenvalue weighted by Gasteiger charge is 2.47. The Morgan fingerprint density at radius 2 is 1.91 bits per heavy atom. The summed E-state index contributed by atoms with van der Waals surface area (Å²) in [6.07, 6.45) is 10.4. The van der Waals surface area contributed by atoms with Gasteiger partial charge in [-0.25, -0.2) is 0 Å². The molecule has 1 nitrogen and oxygen atoms in total. The van der Waals surface area contributed by atoms with E-state index in [2.05, 4.69) is 5.92 Å². The summed E-state index contributed by atoms with van der Waals surface area (Å²) in [5.74, 6) is 3.73. The SMILES string of the molecule is C#CC1(C2CCOCC2)CC1. The molecule has 0 N–H and O–H groups in total. The van der Waals surface area contributed by atoms with Crippen LogP contribution >= 0.6 is 0 Å². The van der Waals surface area contributed by atoms with Crippen molar-refractivity contribution in [1.82, 2.24) is 0 Å². The smallest absolute Gasteiger partial charge is 0.0469 e. The first-order chi connectivity index (χ1) is 5.37. The molecular weight excluding hydrogens is 136 g/mol. The minimum atomic E-state index is 0.309. The van der Waals surface area contributed by atoms with Crippen LogP contribution in [0.2, 0.25) is 0 Å². The molecule has 1 saturated heterocycles. The van der Waals surface area contributed by atoms with Gasteiger partial charge in [0, 0.05) is 18.6 Å². The average Bonchev–Trinajstić information content (AvgIpc) is 2.86. The van der Waals surface area contributed by atoms with E-state index in [0.29, 0.717) is 5.41 Å². The molecule has 0 aromatic carbocycles. The molecule has 2 aliphatic rings. The first kappa shape index (κ1) is 7.18. The topological polar surface area (TPSA) is 9.23 Å². The van der Waals surface area contributed by atoms with Crippen molar-refractivity contribution in [2.45, 2.75) is 25.7 Å². The van der Waals surface area contributed by atoms with Crippen molar-refractivity contribution in [3.63, 3.8) is 0 Å². The first-order valence-corrected chi connectivity index (χ1v) is 4.43. The normalized spacial score (nSPS) is 29.4. The lowest BCUT2D eigenvalue weighted by atomic mass is 9.84. The Morgan fingerprint density at radius 1 is 1.27 bits per heavy atom. The maximum Gasteiger partial charge on any atom is 0.0469 e. The van der Waals surface area contributed by atoms with Crippen LogP contribution in [0, 0.1) is 23.7 Å². The van der Waals surface area contributed by atoms with Gasteiger partial charge in [-0.3, -0.25) is 0 Å². The summed E-state index contributed by atoms with van der Waals surface area (Å²) in [4.78, 5) is 0. The maximum atomic E-state index is 5.51. The molecule has 60 valence electrons. The second-order valence-corrected chi connectivity index (χ2v) is 3.69. The van der Waals surface area contributed by atoms with E-state index in [1.165, 1.54) is 25.7 Å². The molecule has 0 aromatic heterocycles. The molecule has 1 aliphatic carbocycles. The average molecular weight is 150 g/mol. The predicted octanol–water partition coefficient (Wildman–Crippen LogP) is 1.83. The van der Waals surface area contributed by atoms with E-state index >= 15 is 0 Å². The predicted molar refractivity (Wildman–Crippen MR) is 44.0 cm³/mol. The first-order valence-electron chi connectivity index (χ1n) is 4.43. The summed E-state index contributed by atoms with van der Waals surface area (Å²) in [6.45, 7) is 1.85. The minimum Gasteiger partial charge on any atom is -0.381 e. The van der Waals surface area contributed by atoms with Crippen molar-refractivity contribution in [3.05, 3.63) is 0 Å². The van der Waals surface area contributed by atoms with Crippen molar-refractivity contribution in [2.24, 2.45) is 11.3 Å². The molecule has 0 aromatic rings. The number of ether oxygens (including phenoxy) is 1. The molecule has 1 heteroatoms. The molecule has 0 spiro atoms. The van der Waals surface area contributed by atoms with Crippen LogP contribution in [-0.4, -0.2) is 13.2 Å². The van der Waals surface area contributed by atoms with Crippen molar-refractivity contribution < 1.29 is 4.74 Å². The quantitative estimate of drug-likeness (QED) is 0.518. The van der Waals surface area contributed by atoms with E-state index in [-0.39, 0.29) is 0 Å². The van der Waals surface area contributed by atoms with Crippen LogP contribution in [0.15, 0.2) is 0 Å².